The number of guanidine groups is 1. The van der Waals surface area contributed by atoms with Crippen molar-refractivity contribution in [3.05, 3.63) is 45.7 Å². The Hall–Kier alpha value is -2.87. The molecule has 0 atom stereocenters. The molecule has 0 saturated heterocycles. The maximum atomic E-state index is 12.1. The number of carbonyl (C=O) groups excluding carboxylic acids is 1. The fourth-order valence-electron chi connectivity index (χ4n) is 2.05. The number of nitrogens with one attached hydrogen (secondary N) is 3. The van der Waals surface area contributed by atoms with Crippen molar-refractivity contribution in [2.45, 2.75) is 20.4 Å². The predicted molar refractivity (Wildman–Crippen MR) is 93.8 cm³/mol. The van der Waals surface area contributed by atoms with E-state index < -0.39 is 5.91 Å². The molecule has 9 heteroatoms. The summed E-state index contributed by atoms with van der Waals surface area (Å²) in [6.07, 6.45) is 0. The van der Waals surface area contributed by atoms with E-state index in [9.17, 15) is 4.79 Å². The largest absolute Gasteiger partial charge is 0.382 e. The monoisotopic (exact) mass is 347 g/mol. The van der Waals surface area contributed by atoms with Crippen LogP contribution in [0.25, 0.3) is 0 Å². The number of aromatic nitrogens is 2. The number of benzene rings is 1. The first-order chi connectivity index (χ1) is 11.3. The quantitative estimate of drug-likeness (QED) is 0.419. The highest BCUT2D eigenvalue weighted by molar-refractivity contribution is 6.31. The third-order valence-corrected chi connectivity index (χ3v) is 3.59. The van der Waals surface area contributed by atoms with Crippen molar-refractivity contribution in [1.29, 1.82) is 5.41 Å². The zero-order chi connectivity index (χ0) is 17.9. The van der Waals surface area contributed by atoms with E-state index in [1.807, 2.05) is 32.0 Å². The van der Waals surface area contributed by atoms with E-state index in [4.69, 9.17) is 28.5 Å². The molecule has 0 aliphatic heterocycles. The van der Waals surface area contributed by atoms with Crippen molar-refractivity contribution in [2.24, 2.45) is 0 Å². The molecule has 126 valence electrons. The standard InChI is InChI=1S/C15H18ClN7O/c1-7-3-4-9(8(2)5-7)6-20-15(19)23-14(24)10-12(17)22-13(18)11(16)21-10/h3-5H,6H2,1-2H3,(H4,17,18,22)(H3,19,20,23,24). The van der Waals surface area contributed by atoms with E-state index >= 15 is 0 Å². The first-order valence-electron chi connectivity index (χ1n) is 7.06. The van der Waals surface area contributed by atoms with Crippen molar-refractivity contribution in [2.75, 3.05) is 11.5 Å². The molecule has 0 radical (unpaired) electrons. The number of nitrogens with two attached hydrogens (primary N) is 2. The van der Waals surface area contributed by atoms with Crippen LogP contribution in [0.3, 0.4) is 0 Å². The lowest BCUT2D eigenvalue weighted by Crippen LogP contribution is -2.40. The van der Waals surface area contributed by atoms with Crippen LogP contribution in [0.1, 0.15) is 27.2 Å². The SMILES string of the molecule is Cc1ccc(CNC(=N)NC(=O)c2nc(Cl)c(N)nc2N)c(C)c1. The highest BCUT2D eigenvalue weighted by Gasteiger charge is 2.17. The van der Waals surface area contributed by atoms with Crippen molar-refractivity contribution in [3.8, 4) is 0 Å². The number of carbonyl (C=O) groups is 1. The molecule has 2 aromatic rings. The first kappa shape index (κ1) is 17.5. The van der Waals surface area contributed by atoms with Gasteiger partial charge in [0.15, 0.2) is 28.4 Å². The van der Waals surface area contributed by atoms with Gasteiger partial charge in [-0.3, -0.25) is 15.5 Å². The van der Waals surface area contributed by atoms with Crippen LogP contribution in [0, 0.1) is 19.3 Å². The van der Waals surface area contributed by atoms with Gasteiger partial charge in [0.05, 0.1) is 0 Å². The second-order valence-corrected chi connectivity index (χ2v) is 5.60. The van der Waals surface area contributed by atoms with Crippen LogP contribution >= 0.6 is 11.6 Å². The summed E-state index contributed by atoms with van der Waals surface area (Å²) < 4.78 is 0. The fourth-order valence-corrected chi connectivity index (χ4v) is 2.18. The summed E-state index contributed by atoms with van der Waals surface area (Å²) in [4.78, 5) is 19.6. The van der Waals surface area contributed by atoms with Crippen LogP contribution in [0.4, 0.5) is 11.6 Å². The van der Waals surface area contributed by atoms with Gasteiger partial charge in [-0.25, -0.2) is 9.97 Å². The maximum Gasteiger partial charge on any atom is 0.280 e. The number of hydrogen-bond donors (Lipinski definition) is 5. The molecule has 2 rings (SSSR count). The van der Waals surface area contributed by atoms with Crippen molar-refractivity contribution in [3.63, 3.8) is 0 Å². The van der Waals surface area contributed by atoms with Gasteiger partial charge in [0, 0.05) is 6.54 Å². The minimum Gasteiger partial charge on any atom is -0.382 e. The van der Waals surface area contributed by atoms with Gasteiger partial charge in [-0.05, 0) is 25.0 Å². The highest BCUT2D eigenvalue weighted by Crippen LogP contribution is 2.17. The van der Waals surface area contributed by atoms with Gasteiger partial charge >= 0.3 is 0 Å². The Bertz CT molecular complexity index is 807. The zero-order valence-electron chi connectivity index (χ0n) is 13.3. The van der Waals surface area contributed by atoms with E-state index in [0.717, 1.165) is 16.7 Å². The molecule has 8 nitrogen and oxygen atoms in total. The molecule has 0 unspecified atom stereocenters. The van der Waals surface area contributed by atoms with Crippen LogP contribution < -0.4 is 22.1 Å². The van der Waals surface area contributed by atoms with Gasteiger partial charge in [0.2, 0.25) is 0 Å². The van der Waals surface area contributed by atoms with Crippen molar-refractivity contribution >= 4 is 35.1 Å². The van der Waals surface area contributed by atoms with Gasteiger partial charge in [-0.15, -0.1) is 0 Å². The number of anilines is 2. The summed E-state index contributed by atoms with van der Waals surface area (Å²) in [6.45, 7) is 4.39. The molecule has 0 aliphatic rings. The van der Waals surface area contributed by atoms with Crippen molar-refractivity contribution < 1.29 is 4.79 Å². The molecular weight excluding hydrogens is 330 g/mol. The minimum atomic E-state index is -0.694. The van der Waals surface area contributed by atoms with Crippen LogP contribution in [-0.4, -0.2) is 21.8 Å². The average molecular weight is 348 g/mol. The van der Waals surface area contributed by atoms with E-state index in [1.165, 1.54) is 0 Å². The third kappa shape index (κ3) is 4.11. The summed E-state index contributed by atoms with van der Waals surface area (Å²) in [7, 11) is 0. The Balaban J connectivity index is 1.99. The molecule has 1 amide bonds. The smallest absolute Gasteiger partial charge is 0.280 e. The van der Waals surface area contributed by atoms with Crippen molar-refractivity contribution in [1.82, 2.24) is 20.6 Å². The third-order valence-electron chi connectivity index (χ3n) is 3.31. The van der Waals surface area contributed by atoms with Gasteiger partial charge < -0.3 is 16.8 Å². The summed E-state index contributed by atoms with van der Waals surface area (Å²) in [5.41, 5.74) is 14.2. The second kappa shape index (κ2) is 7.14. The van der Waals surface area contributed by atoms with Crippen LogP contribution in [0.15, 0.2) is 18.2 Å². The Morgan fingerprint density at radius 1 is 1.25 bits per heavy atom. The van der Waals surface area contributed by atoms with Gasteiger partial charge in [-0.2, -0.15) is 0 Å². The number of nitrogens with zero attached hydrogens (tertiary/aromatic N) is 2. The molecule has 1 aromatic heterocycles. The Morgan fingerprint density at radius 3 is 2.62 bits per heavy atom. The molecule has 24 heavy (non-hydrogen) atoms. The molecule has 7 N–H and O–H groups in total. The highest BCUT2D eigenvalue weighted by atomic mass is 35.5. The number of hydrogen-bond acceptors (Lipinski definition) is 6. The molecule has 0 aliphatic carbocycles. The summed E-state index contributed by atoms with van der Waals surface area (Å²) >= 11 is 5.73. The lowest BCUT2D eigenvalue weighted by atomic mass is 10.1. The van der Waals surface area contributed by atoms with E-state index in [1.54, 1.807) is 0 Å². The topological polar surface area (TPSA) is 143 Å². The van der Waals surface area contributed by atoms with E-state index in [-0.39, 0.29) is 28.4 Å². The lowest BCUT2D eigenvalue weighted by Gasteiger charge is -2.12. The Kier molecular flexibility index (Phi) is 5.20. The summed E-state index contributed by atoms with van der Waals surface area (Å²) in [5, 5.41) is 12.8. The summed E-state index contributed by atoms with van der Waals surface area (Å²) in [6, 6.07) is 6.00. The first-order valence-corrected chi connectivity index (χ1v) is 7.44. The average Bonchev–Trinajstić information content (AvgIpc) is 2.50. The number of halogens is 1. The van der Waals surface area contributed by atoms with Gasteiger partial charge in [0.1, 0.15) is 0 Å². The van der Waals surface area contributed by atoms with Gasteiger partial charge in [0.25, 0.3) is 5.91 Å². The van der Waals surface area contributed by atoms with E-state index in [2.05, 4.69) is 20.6 Å². The molecular formula is C15H18ClN7O. The Labute approximate surface area is 144 Å². The fraction of sp³-hybridized carbons (Fsp3) is 0.200. The van der Waals surface area contributed by atoms with Crippen LogP contribution in [-0.2, 0) is 6.54 Å². The minimum absolute atomic E-state index is 0.0613. The molecule has 1 heterocycles. The van der Waals surface area contributed by atoms with E-state index in [0.29, 0.717) is 6.54 Å². The number of amides is 1. The second-order valence-electron chi connectivity index (χ2n) is 5.25. The van der Waals surface area contributed by atoms with Gasteiger partial charge in [-0.1, -0.05) is 35.4 Å². The molecule has 1 aromatic carbocycles. The predicted octanol–water partition coefficient (Wildman–Crippen LogP) is 1.37. The molecule has 0 fully saturated rings. The normalized spacial score (nSPS) is 10.3. The maximum absolute atomic E-state index is 12.1. The van der Waals surface area contributed by atoms with Crippen LogP contribution in [0.2, 0.25) is 5.15 Å². The number of aryl methyl sites for hydroxylation is 2. The van der Waals surface area contributed by atoms with Crippen LogP contribution in [0.5, 0.6) is 0 Å². The molecule has 0 spiro atoms. The Morgan fingerprint density at radius 2 is 1.96 bits per heavy atom. The number of nitrogen functional groups attached to an aromatic ring is 2. The molecule has 0 bridgehead atoms. The summed E-state index contributed by atoms with van der Waals surface area (Å²) in [5.74, 6) is -1.10. The molecule has 0 saturated carbocycles. The lowest BCUT2D eigenvalue weighted by molar-refractivity contribution is 0.0971. The number of rotatable bonds is 3. The zero-order valence-corrected chi connectivity index (χ0v) is 14.0.